The fourth-order valence-corrected chi connectivity index (χ4v) is 3.04. The molecule has 24 heavy (non-hydrogen) atoms. The van der Waals surface area contributed by atoms with Crippen LogP contribution in [0, 0.1) is 0 Å². The first-order valence-electron chi connectivity index (χ1n) is 8.37. The molecule has 1 aliphatic heterocycles. The maximum absolute atomic E-state index is 13.3. The third kappa shape index (κ3) is 4.05. The second-order valence-electron chi connectivity index (χ2n) is 6.55. The van der Waals surface area contributed by atoms with Crippen molar-refractivity contribution in [2.24, 2.45) is 0 Å². The smallest absolute Gasteiger partial charge is 0.248 e. The molecule has 1 aliphatic carbocycles. The van der Waals surface area contributed by atoms with Crippen LogP contribution in [0.5, 0.6) is 0 Å². The molecule has 1 aromatic rings. The number of halogens is 2. The van der Waals surface area contributed by atoms with Crippen molar-refractivity contribution in [3.05, 3.63) is 12.1 Å². The average molecular weight is 341 g/mol. The quantitative estimate of drug-likeness (QED) is 0.691. The minimum absolute atomic E-state index is 0.0344. The molecule has 1 saturated carbocycles. The Kier molecular flexibility index (Phi) is 5.05. The van der Waals surface area contributed by atoms with Crippen LogP contribution in [0.2, 0.25) is 0 Å². The first kappa shape index (κ1) is 17.2. The van der Waals surface area contributed by atoms with Gasteiger partial charge >= 0.3 is 0 Å². The maximum Gasteiger partial charge on any atom is 0.248 e. The SMILES string of the molecule is CNNc1cc(N(C)C2COC2)cc(NC2CCC(F)(F)CC2)n1. The molecule has 3 N–H and O–H groups in total. The van der Waals surface area contributed by atoms with Crippen molar-refractivity contribution in [3.8, 4) is 0 Å². The zero-order chi connectivity index (χ0) is 17.2. The van der Waals surface area contributed by atoms with E-state index in [1.54, 1.807) is 7.05 Å². The largest absolute Gasteiger partial charge is 0.377 e. The predicted octanol–water partition coefficient (Wildman–Crippen LogP) is 2.45. The van der Waals surface area contributed by atoms with Crippen LogP contribution in [0.1, 0.15) is 25.7 Å². The van der Waals surface area contributed by atoms with E-state index in [9.17, 15) is 8.78 Å². The monoisotopic (exact) mass is 341 g/mol. The van der Waals surface area contributed by atoms with Gasteiger partial charge in [-0.05, 0) is 12.8 Å². The van der Waals surface area contributed by atoms with E-state index in [0.29, 0.717) is 43.7 Å². The third-order valence-corrected chi connectivity index (χ3v) is 4.71. The van der Waals surface area contributed by atoms with E-state index < -0.39 is 5.92 Å². The van der Waals surface area contributed by atoms with Crippen LogP contribution >= 0.6 is 0 Å². The molecule has 0 bridgehead atoms. The number of hydrogen-bond donors (Lipinski definition) is 3. The van der Waals surface area contributed by atoms with Crippen molar-refractivity contribution >= 4 is 17.3 Å². The van der Waals surface area contributed by atoms with E-state index in [2.05, 4.69) is 26.1 Å². The van der Waals surface area contributed by atoms with Gasteiger partial charge in [0.25, 0.3) is 0 Å². The van der Waals surface area contributed by atoms with Gasteiger partial charge in [-0.25, -0.2) is 19.2 Å². The van der Waals surface area contributed by atoms with E-state index in [0.717, 1.165) is 5.69 Å². The topological polar surface area (TPSA) is 61.5 Å². The van der Waals surface area contributed by atoms with E-state index >= 15 is 0 Å². The Balaban J connectivity index is 1.72. The standard InChI is InChI=1S/C16H25F2N5O/c1-19-22-15-8-12(23(2)13-9-24-10-13)7-14(21-15)20-11-3-5-16(17,18)6-4-11/h7-8,11,13,19H,3-6,9-10H2,1-2H3,(H2,20,21,22). The molecule has 134 valence electrons. The number of alkyl halides is 2. The highest BCUT2D eigenvalue weighted by atomic mass is 19.3. The molecule has 1 saturated heterocycles. The molecule has 2 aliphatic rings. The Morgan fingerprint density at radius 2 is 1.88 bits per heavy atom. The lowest BCUT2D eigenvalue weighted by atomic mass is 9.92. The Hall–Kier alpha value is -1.67. The molecule has 6 nitrogen and oxygen atoms in total. The van der Waals surface area contributed by atoms with Crippen molar-refractivity contribution < 1.29 is 13.5 Å². The van der Waals surface area contributed by atoms with Gasteiger partial charge in [0.15, 0.2) is 0 Å². The van der Waals surface area contributed by atoms with Gasteiger partial charge in [0.2, 0.25) is 5.92 Å². The summed E-state index contributed by atoms with van der Waals surface area (Å²) >= 11 is 0. The lowest BCUT2D eigenvalue weighted by Crippen LogP contribution is -2.47. The van der Waals surface area contributed by atoms with Crippen LogP contribution in [0.15, 0.2) is 12.1 Å². The molecule has 0 spiro atoms. The highest BCUT2D eigenvalue weighted by Crippen LogP contribution is 2.34. The average Bonchev–Trinajstić information content (AvgIpc) is 2.48. The fourth-order valence-electron chi connectivity index (χ4n) is 3.04. The number of pyridine rings is 1. The Bertz CT molecular complexity index is 557. The second-order valence-corrected chi connectivity index (χ2v) is 6.55. The Labute approximate surface area is 140 Å². The minimum atomic E-state index is -2.52. The van der Waals surface area contributed by atoms with Gasteiger partial charge in [-0.15, -0.1) is 0 Å². The van der Waals surface area contributed by atoms with Gasteiger partial charge < -0.3 is 20.4 Å². The van der Waals surface area contributed by atoms with Gasteiger partial charge in [0.05, 0.1) is 19.3 Å². The van der Waals surface area contributed by atoms with Crippen molar-refractivity contribution in [2.75, 3.05) is 43.0 Å². The summed E-state index contributed by atoms with van der Waals surface area (Å²) < 4.78 is 31.9. The number of aromatic nitrogens is 1. The van der Waals surface area contributed by atoms with Gasteiger partial charge in [-0.2, -0.15) is 0 Å². The summed E-state index contributed by atoms with van der Waals surface area (Å²) in [7, 11) is 3.80. The Morgan fingerprint density at radius 3 is 2.46 bits per heavy atom. The van der Waals surface area contributed by atoms with Gasteiger partial charge in [0.1, 0.15) is 11.6 Å². The molecule has 3 rings (SSSR count). The summed E-state index contributed by atoms with van der Waals surface area (Å²) in [5, 5.41) is 3.32. The van der Waals surface area contributed by atoms with Crippen LogP contribution in [0.3, 0.4) is 0 Å². The molecule has 0 aromatic carbocycles. The van der Waals surface area contributed by atoms with Crippen molar-refractivity contribution in [1.82, 2.24) is 10.4 Å². The van der Waals surface area contributed by atoms with E-state index in [4.69, 9.17) is 4.74 Å². The first-order valence-corrected chi connectivity index (χ1v) is 8.37. The summed E-state index contributed by atoms with van der Waals surface area (Å²) in [4.78, 5) is 6.67. The molecule has 0 atom stereocenters. The van der Waals surface area contributed by atoms with Crippen LogP contribution in [-0.2, 0) is 4.74 Å². The molecular weight excluding hydrogens is 316 g/mol. The molecule has 0 amide bonds. The van der Waals surface area contributed by atoms with E-state index in [-0.39, 0.29) is 18.9 Å². The normalized spacial score (nSPS) is 21.2. The summed E-state index contributed by atoms with van der Waals surface area (Å²) in [6, 6.07) is 4.31. The highest BCUT2D eigenvalue weighted by molar-refractivity contribution is 5.62. The van der Waals surface area contributed by atoms with Gasteiger partial charge in [-0.1, -0.05) is 0 Å². The van der Waals surface area contributed by atoms with Crippen molar-refractivity contribution in [2.45, 2.75) is 43.7 Å². The first-order chi connectivity index (χ1) is 11.5. The lowest BCUT2D eigenvalue weighted by molar-refractivity contribution is -0.0361. The summed E-state index contributed by atoms with van der Waals surface area (Å²) in [6.07, 6.45) is 0.788. The molecule has 8 heteroatoms. The zero-order valence-corrected chi connectivity index (χ0v) is 14.1. The van der Waals surface area contributed by atoms with Crippen LogP contribution < -0.4 is 21.1 Å². The minimum Gasteiger partial charge on any atom is -0.377 e. The number of hydrogen-bond acceptors (Lipinski definition) is 6. The molecule has 0 radical (unpaired) electrons. The van der Waals surface area contributed by atoms with Gasteiger partial charge in [0, 0.05) is 50.8 Å². The van der Waals surface area contributed by atoms with Crippen molar-refractivity contribution in [3.63, 3.8) is 0 Å². The van der Waals surface area contributed by atoms with Crippen LogP contribution in [0.4, 0.5) is 26.1 Å². The number of likely N-dealkylation sites (N-methyl/N-ethyl adjacent to an activating group) is 1. The lowest BCUT2D eigenvalue weighted by Gasteiger charge is -2.36. The molecule has 2 fully saturated rings. The number of rotatable bonds is 6. The third-order valence-electron chi connectivity index (χ3n) is 4.71. The van der Waals surface area contributed by atoms with E-state index in [1.165, 1.54) is 0 Å². The summed E-state index contributed by atoms with van der Waals surface area (Å²) in [5.74, 6) is -1.13. The van der Waals surface area contributed by atoms with Crippen molar-refractivity contribution in [1.29, 1.82) is 0 Å². The van der Waals surface area contributed by atoms with Gasteiger partial charge in [-0.3, -0.25) is 0 Å². The number of hydrazine groups is 1. The Morgan fingerprint density at radius 1 is 1.21 bits per heavy atom. The number of nitrogens with zero attached hydrogens (tertiary/aromatic N) is 2. The maximum atomic E-state index is 13.3. The molecule has 2 heterocycles. The molecular formula is C16H25F2N5O. The van der Waals surface area contributed by atoms with Crippen LogP contribution in [0.25, 0.3) is 0 Å². The summed E-state index contributed by atoms with van der Waals surface area (Å²) in [5.41, 5.74) is 6.87. The predicted molar refractivity (Wildman–Crippen MR) is 90.8 cm³/mol. The van der Waals surface area contributed by atoms with Crippen LogP contribution in [-0.4, -0.2) is 50.3 Å². The second kappa shape index (κ2) is 7.06. The highest BCUT2D eigenvalue weighted by Gasteiger charge is 2.35. The number of anilines is 3. The summed E-state index contributed by atoms with van der Waals surface area (Å²) in [6.45, 7) is 1.43. The number of ether oxygens (including phenoxy) is 1. The fraction of sp³-hybridized carbons (Fsp3) is 0.688. The zero-order valence-electron chi connectivity index (χ0n) is 14.1. The number of nitrogens with one attached hydrogen (secondary N) is 3. The molecule has 1 aromatic heterocycles. The molecule has 0 unspecified atom stereocenters. The van der Waals surface area contributed by atoms with E-state index in [1.807, 2.05) is 19.2 Å².